The van der Waals surface area contributed by atoms with Crippen LogP contribution in [0.25, 0.3) is 10.9 Å². The van der Waals surface area contributed by atoms with E-state index in [1.807, 2.05) is 0 Å². The average Bonchev–Trinajstić information content (AvgIpc) is 3.57. The molecule has 0 unspecified atom stereocenters. The molecule has 2 aliphatic rings. The molecule has 0 bridgehead atoms. The molecule has 9 nitrogen and oxygen atoms in total. The van der Waals surface area contributed by atoms with Gasteiger partial charge in [-0.25, -0.2) is 13.2 Å². The second-order valence-electron chi connectivity index (χ2n) is 11.0. The number of nitrogens with one attached hydrogen (secondary N) is 2. The molecule has 4 amide bonds. The third kappa shape index (κ3) is 4.90. The minimum atomic E-state index is -3.37. The normalized spacial score (nSPS) is 22.2. The summed E-state index contributed by atoms with van der Waals surface area (Å²) in [6, 6.07) is 3.50. The number of aromatic amines is 1. The maximum absolute atomic E-state index is 15.3. The maximum atomic E-state index is 15.3. The molecule has 0 aliphatic carbocycles. The molecule has 0 radical (unpaired) electrons. The fourth-order valence-corrected chi connectivity index (χ4v) is 5.80. The number of nitrogens with two attached hydrogens (primary N) is 1. The van der Waals surface area contributed by atoms with Crippen LogP contribution in [-0.2, 0) is 19.8 Å². The van der Waals surface area contributed by atoms with Gasteiger partial charge in [0.15, 0.2) is 0 Å². The van der Waals surface area contributed by atoms with E-state index in [-0.39, 0.29) is 27.2 Å². The van der Waals surface area contributed by atoms with Crippen molar-refractivity contribution in [1.29, 1.82) is 0 Å². The molecule has 1 spiro atoms. The number of carbonyl (C=O) groups excluding carboxylic acids is 4. The highest BCUT2D eigenvalue weighted by atomic mass is 35.5. The lowest BCUT2D eigenvalue weighted by atomic mass is 9.79. The van der Waals surface area contributed by atoms with Crippen molar-refractivity contribution in [3.63, 3.8) is 0 Å². The largest absolute Gasteiger partial charge is 0.368 e. The van der Waals surface area contributed by atoms with Gasteiger partial charge in [0.2, 0.25) is 17.7 Å². The Morgan fingerprint density at radius 3 is 2.66 bits per heavy atom. The van der Waals surface area contributed by atoms with E-state index in [1.165, 1.54) is 12.1 Å². The predicted octanol–water partition coefficient (Wildman–Crippen LogP) is 3.65. The lowest BCUT2D eigenvalue weighted by molar-refractivity contribution is -0.142. The number of aromatic nitrogens is 1. The first kappa shape index (κ1) is 24.7. The number of anilines is 1. The van der Waals surface area contributed by atoms with E-state index in [2.05, 4.69) is 10.3 Å². The highest BCUT2D eigenvalue weighted by Gasteiger charge is 2.58. The van der Waals surface area contributed by atoms with Crippen LogP contribution in [0.15, 0.2) is 36.4 Å². The van der Waals surface area contributed by atoms with Crippen molar-refractivity contribution < 1.29 is 36.5 Å². The lowest BCUT2D eigenvalue weighted by Gasteiger charge is -2.35. The molecule has 1 fully saturated rings. The highest BCUT2D eigenvalue weighted by Crippen LogP contribution is 2.47. The Bertz CT molecular complexity index is 1730. The number of rotatable bonds is 6. The molecule has 0 saturated carbocycles. The van der Waals surface area contributed by atoms with E-state index in [0.29, 0.717) is 17.3 Å². The first-order chi connectivity index (χ1) is 20.3. The molecule has 3 heterocycles. The number of amides is 4. The summed E-state index contributed by atoms with van der Waals surface area (Å²) < 4.78 is 67.9. The van der Waals surface area contributed by atoms with Gasteiger partial charge in [0.1, 0.15) is 35.1 Å². The van der Waals surface area contributed by atoms with Crippen LogP contribution in [0.5, 0.6) is 0 Å². The van der Waals surface area contributed by atoms with Crippen LogP contribution in [0, 0.1) is 11.6 Å². The second-order valence-corrected chi connectivity index (χ2v) is 11.4. The van der Waals surface area contributed by atoms with Gasteiger partial charge in [-0.05, 0) is 56.2 Å². The van der Waals surface area contributed by atoms with Crippen molar-refractivity contribution in [2.45, 2.75) is 49.9 Å². The van der Waals surface area contributed by atoms with E-state index >= 15 is 4.39 Å². The summed E-state index contributed by atoms with van der Waals surface area (Å²) in [5.41, 5.74) is 2.02. The van der Waals surface area contributed by atoms with Gasteiger partial charge in [0.25, 0.3) is 5.91 Å². The second kappa shape index (κ2) is 9.79. The van der Waals surface area contributed by atoms with Gasteiger partial charge in [-0.1, -0.05) is 11.6 Å². The minimum absolute atomic E-state index is 0.162. The molecule has 4 N–H and O–H groups in total. The van der Waals surface area contributed by atoms with Crippen LogP contribution in [-0.4, -0.2) is 69.7 Å². The molecule has 2 aliphatic heterocycles. The zero-order valence-corrected chi connectivity index (χ0v) is 22.6. The molecule has 1 aromatic heterocycles. The number of halogens is 4. The summed E-state index contributed by atoms with van der Waals surface area (Å²) in [6.45, 7) is -1.69. The number of carbonyl (C=O) groups is 4. The van der Waals surface area contributed by atoms with Crippen molar-refractivity contribution in [3.8, 4) is 0 Å². The summed E-state index contributed by atoms with van der Waals surface area (Å²) in [6.07, 6.45) is -1.13. The third-order valence-corrected chi connectivity index (χ3v) is 7.76. The number of hydrogen-bond acceptors (Lipinski definition) is 4. The van der Waals surface area contributed by atoms with E-state index in [1.54, 1.807) is 6.07 Å². The van der Waals surface area contributed by atoms with Crippen molar-refractivity contribution in [2.75, 3.05) is 18.8 Å². The summed E-state index contributed by atoms with van der Waals surface area (Å²) in [7, 11) is 0. The van der Waals surface area contributed by atoms with Crippen molar-refractivity contribution in [1.82, 2.24) is 14.8 Å². The molecule has 5 rings (SSSR count). The number of H-pyrrole nitrogens is 1. The third-order valence-electron chi connectivity index (χ3n) is 7.53. The van der Waals surface area contributed by atoms with Crippen LogP contribution in [0.3, 0.4) is 0 Å². The highest BCUT2D eigenvalue weighted by molar-refractivity contribution is 6.31. The maximum Gasteiger partial charge on any atom is 0.270 e. The van der Waals surface area contributed by atoms with Gasteiger partial charge in [0.05, 0.1) is 10.9 Å². The van der Waals surface area contributed by atoms with Gasteiger partial charge in [-0.2, -0.15) is 0 Å². The average molecular weight is 593 g/mol. The number of nitrogens with zero attached hydrogens (tertiary/aromatic N) is 2. The lowest BCUT2D eigenvalue weighted by Crippen LogP contribution is -2.55. The van der Waals surface area contributed by atoms with Crippen LogP contribution >= 0.6 is 11.6 Å². The summed E-state index contributed by atoms with van der Waals surface area (Å²) in [5.74, 6) is -6.07. The number of fused-ring (bicyclic) bond motifs is 3. The predicted molar refractivity (Wildman–Crippen MR) is 145 cm³/mol. The van der Waals surface area contributed by atoms with E-state index < -0.39 is 84.1 Å². The molecule has 2 aromatic carbocycles. The van der Waals surface area contributed by atoms with Gasteiger partial charge in [0, 0.05) is 46.2 Å². The van der Waals surface area contributed by atoms with E-state index in [9.17, 15) is 28.0 Å². The number of primary amides is 1. The van der Waals surface area contributed by atoms with E-state index in [4.69, 9.17) is 21.4 Å². The Balaban J connectivity index is 1.60. The molecule has 3 aromatic rings. The number of likely N-dealkylation sites (N-methyl/N-ethyl adjacent to an activating group) is 1. The van der Waals surface area contributed by atoms with Crippen LogP contribution in [0.1, 0.15) is 46.9 Å². The number of hydrogen-bond donors (Lipinski definition) is 3. The molecular formula is C28H27ClF3N5O4. The topological polar surface area (TPSA) is 129 Å². The first-order valence-electron chi connectivity index (χ1n) is 14.0. The molecular weight excluding hydrogens is 563 g/mol. The zero-order chi connectivity index (χ0) is 32.5. The molecule has 1 saturated heterocycles. The smallest absolute Gasteiger partial charge is 0.270 e. The molecule has 3 atom stereocenters. The Hall–Kier alpha value is -4.06. The first-order valence-corrected chi connectivity index (χ1v) is 12.9. The number of alkyl halides is 1. The molecule has 41 heavy (non-hydrogen) atoms. The number of likely N-dealkylation sites (tertiary alicyclic amines) is 1. The summed E-state index contributed by atoms with van der Waals surface area (Å²) in [5, 5.41) is 2.73. The Kier molecular flexibility index (Phi) is 5.90. The van der Waals surface area contributed by atoms with Crippen LogP contribution in [0.2, 0.25) is 5.02 Å². The van der Waals surface area contributed by atoms with Crippen molar-refractivity contribution in [2.24, 2.45) is 5.73 Å². The van der Waals surface area contributed by atoms with Gasteiger partial charge in [-0.3, -0.25) is 19.2 Å². The monoisotopic (exact) mass is 592 g/mol. The summed E-state index contributed by atoms with van der Waals surface area (Å²) in [4.78, 5) is 57.6. The minimum Gasteiger partial charge on any atom is -0.368 e. The quantitative estimate of drug-likeness (QED) is 0.403. The zero-order valence-electron chi connectivity index (χ0n) is 24.9. The fourth-order valence-electron chi connectivity index (χ4n) is 5.62. The fraction of sp³-hybridized carbons (Fsp3) is 0.357. The van der Waals surface area contributed by atoms with Crippen molar-refractivity contribution in [3.05, 3.63) is 64.3 Å². The standard InChI is InChI=1S/C28H27ClF3N5O4/c1-27(2,32)10-22(36(3)24(39)20-9-15-17(31)7-14(30)8-19(15)34-20)25(40)37-12-28(11-21(37)23(33)38)16-6-13(29)4-5-18(16)35-26(28)41/h4-9,21-22,34H,10-12H2,1-3H3,(H2,33,38)(H,35,41)/t21-,22-,28-/m0/s1/i3D3. The van der Waals surface area contributed by atoms with Gasteiger partial charge in [-0.15, -0.1) is 0 Å². The Labute approximate surface area is 242 Å². The SMILES string of the molecule is [2H]C([2H])([2H])N(C(=O)c1cc2c(F)cc(F)cc2[nH]1)[C@@H](CC(C)(C)F)C(=O)N1C[C@]2(C[C@H]1C(N)=O)C(=O)Nc1ccc(Cl)cc12. The number of benzene rings is 2. The molecule has 13 heteroatoms. The molecule has 216 valence electrons. The van der Waals surface area contributed by atoms with E-state index in [0.717, 1.165) is 30.9 Å². The van der Waals surface area contributed by atoms with Crippen LogP contribution in [0.4, 0.5) is 18.9 Å². The van der Waals surface area contributed by atoms with Crippen LogP contribution < -0.4 is 11.1 Å². The summed E-state index contributed by atoms with van der Waals surface area (Å²) >= 11 is 6.18. The van der Waals surface area contributed by atoms with Crippen molar-refractivity contribution >= 4 is 51.8 Å². The Morgan fingerprint density at radius 2 is 2.00 bits per heavy atom. The van der Waals surface area contributed by atoms with Gasteiger partial charge >= 0.3 is 0 Å². The van der Waals surface area contributed by atoms with Gasteiger partial charge < -0.3 is 25.8 Å². The Morgan fingerprint density at radius 1 is 1.27 bits per heavy atom.